The van der Waals surface area contributed by atoms with Crippen molar-refractivity contribution in [3.63, 3.8) is 0 Å². The minimum atomic E-state index is 0. The molecule has 0 fully saturated rings. The van der Waals surface area contributed by atoms with Crippen molar-refractivity contribution < 1.29 is 9.47 Å². The third-order valence-corrected chi connectivity index (χ3v) is 3.24. The summed E-state index contributed by atoms with van der Waals surface area (Å²) in [7, 11) is 1.66. The average Bonchev–Trinajstić information content (AvgIpc) is 2.55. The minimum absolute atomic E-state index is 0. The van der Waals surface area contributed by atoms with E-state index < -0.39 is 0 Å². The van der Waals surface area contributed by atoms with Crippen molar-refractivity contribution in [3.8, 4) is 11.5 Å². The summed E-state index contributed by atoms with van der Waals surface area (Å²) in [5.74, 6) is 2.57. The van der Waals surface area contributed by atoms with Crippen LogP contribution in [0.2, 0.25) is 0 Å². The van der Waals surface area contributed by atoms with E-state index in [1.54, 1.807) is 7.11 Å². The number of halogens is 1. The van der Waals surface area contributed by atoms with Crippen molar-refractivity contribution in [2.24, 2.45) is 4.99 Å². The molecule has 0 aromatic heterocycles. The molecule has 1 aromatic carbocycles. The summed E-state index contributed by atoms with van der Waals surface area (Å²) in [6.45, 7) is 8.63. The van der Waals surface area contributed by atoms with Crippen LogP contribution in [0.25, 0.3) is 0 Å². The van der Waals surface area contributed by atoms with Gasteiger partial charge >= 0.3 is 0 Å². The lowest BCUT2D eigenvalue weighted by atomic mass is 10.3. The topological polar surface area (TPSA) is 54.9 Å². The average molecular weight is 435 g/mol. The number of benzene rings is 1. The fourth-order valence-corrected chi connectivity index (χ4v) is 1.77. The molecule has 2 N–H and O–H groups in total. The van der Waals surface area contributed by atoms with E-state index in [2.05, 4.69) is 36.4 Å². The predicted octanol–water partition coefficient (Wildman–Crippen LogP) is 3.44. The maximum atomic E-state index is 5.68. The van der Waals surface area contributed by atoms with Crippen LogP contribution in [0.5, 0.6) is 11.5 Å². The summed E-state index contributed by atoms with van der Waals surface area (Å²) in [4.78, 5) is 4.55. The molecule has 1 aromatic rings. The summed E-state index contributed by atoms with van der Waals surface area (Å²) in [6.07, 6.45) is 1.95. The second-order valence-corrected chi connectivity index (χ2v) is 5.09. The molecule has 0 amide bonds. The SMILES string of the molecule is CCNC(=NCCCOc1ccc(OC)cc1)NC(C)CC.I. The maximum Gasteiger partial charge on any atom is 0.191 e. The lowest BCUT2D eigenvalue weighted by Crippen LogP contribution is -2.42. The molecule has 1 unspecified atom stereocenters. The van der Waals surface area contributed by atoms with Crippen LogP contribution in [0.1, 0.15) is 33.6 Å². The molecule has 23 heavy (non-hydrogen) atoms. The lowest BCUT2D eigenvalue weighted by molar-refractivity contribution is 0.312. The Balaban J connectivity index is 0.00000484. The Kier molecular flexibility index (Phi) is 12.6. The van der Waals surface area contributed by atoms with Crippen LogP contribution in [0.15, 0.2) is 29.3 Å². The molecule has 0 radical (unpaired) electrons. The fraction of sp³-hybridized carbons (Fsp3) is 0.588. The second-order valence-electron chi connectivity index (χ2n) is 5.09. The van der Waals surface area contributed by atoms with Crippen LogP contribution in [-0.4, -0.2) is 38.8 Å². The Hall–Kier alpha value is -1.18. The van der Waals surface area contributed by atoms with Crippen molar-refractivity contribution >= 4 is 29.9 Å². The Morgan fingerprint density at radius 1 is 1.17 bits per heavy atom. The monoisotopic (exact) mass is 435 g/mol. The van der Waals surface area contributed by atoms with Gasteiger partial charge in [0.2, 0.25) is 0 Å². The Bertz CT molecular complexity index is 438. The summed E-state index contributed by atoms with van der Waals surface area (Å²) in [5, 5.41) is 6.63. The van der Waals surface area contributed by atoms with Gasteiger partial charge in [-0.2, -0.15) is 0 Å². The summed E-state index contributed by atoms with van der Waals surface area (Å²) >= 11 is 0. The van der Waals surface area contributed by atoms with Crippen LogP contribution in [-0.2, 0) is 0 Å². The van der Waals surface area contributed by atoms with Gasteiger partial charge in [0.05, 0.1) is 13.7 Å². The van der Waals surface area contributed by atoms with Crippen molar-refractivity contribution in [2.45, 2.75) is 39.7 Å². The number of ether oxygens (including phenoxy) is 2. The zero-order valence-electron chi connectivity index (χ0n) is 14.6. The molecule has 0 saturated carbocycles. The molecule has 0 saturated heterocycles. The highest BCUT2D eigenvalue weighted by atomic mass is 127. The second kappa shape index (κ2) is 13.3. The molecule has 0 heterocycles. The van der Waals surface area contributed by atoms with E-state index in [1.807, 2.05) is 24.3 Å². The minimum Gasteiger partial charge on any atom is -0.497 e. The molecule has 0 aliphatic heterocycles. The van der Waals surface area contributed by atoms with Gasteiger partial charge in [-0.15, -0.1) is 24.0 Å². The molecular formula is C17H30IN3O2. The Morgan fingerprint density at radius 3 is 2.39 bits per heavy atom. The normalized spacial score (nSPS) is 12.1. The molecule has 6 heteroatoms. The highest BCUT2D eigenvalue weighted by Gasteiger charge is 2.02. The van der Waals surface area contributed by atoms with Crippen LogP contribution in [0.3, 0.4) is 0 Å². The van der Waals surface area contributed by atoms with Gasteiger partial charge in [-0.25, -0.2) is 0 Å². The first-order chi connectivity index (χ1) is 10.7. The molecule has 1 rings (SSSR count). The van der Waals surface area contributed by atoms with E-state index in [0.717, 1.165) is 43.4 Å². The third kappa shape index (κ3) is 9.53. The van der Waals surface area contributed by atoms with Gasteiger partial charge in [0.1, 0.15) is 11.5 Å². The van der Waals surface area contributed by atoms with Gasteiger partial charge in [-0.1, -0.05) is 6.92 Å². The quantitative estimate of drug-likeness (QED) is 0.270. The standard InChI is InChI=1S/C17H29N3O2.HI/c1-5-14(3)20-17(18-6-2)19-12-7-13-22-16-10-8-15(21-4)9-11-16;/h8-11,14H,5-7,12-13H2,1-4H3,(H2,18,19,20);1H. The molecule has 0 spiro atoms. The van der Waals surface area contributed by atoms with E-state index in [1.165, 1.54) is 0 Å². The summed E-state index contributed by atoms with van der Waals surface area (Å²) < 4.78 is 10.8. The van der Waals surface area contributed by atoms with Crippen molar-refractivity contribution in [3.05, 3.63) is 24.3 Å². The van der Waals surface area contributed by atoms with Crippen LogP contribution in [0.4, 0.5) is 0 Å². The zero-order chi connectivity index (χ0) is 16.2. The molecule has 0 bridgehead atoms. The first kappa shape index (κ1) is 21.8. The van der Waals surface area contributed by atoms with Gasteiger partial charge in [0.25, 0.3) is 0 Å². The lowest BCUT2D eigenvalue weighted by Gasteiger charge is -2.16. The first-order valence-corrected chi connectivity index (χ1v) is 8.01. The molecule has 132 valence electrons. The summed E-state index contributed by atoms with van der Waals surface area (Å²) in [6, 6.07) is 8.04. The van der Waals surface area contributed by atoms with Crippen LogP contribution < -0.4 is 20.1 Å². The van der Waals surface area contributed by atoms with Gasteiger partial charge in [-0.3, -0.25) is 4.99 Å². The number of nitrogens with zero attached hydrogens (tertiary/aromatic N) is 1. The van der Waals surface area contributed by atoms with E-state index in [-0.39, 0.29) is 24.0 Å². The van der Waals surface area contributed by atoms with Crippen molar-refractivity contribution in [2.75, 3.05) is 26.8 Å². The van der Waals surface area contributed by atoms with E-state index >= 15 is 0 Å². The highest BCUT2D eigenvalue weighted by Crippen LogP contribution is 2.16. The Labute approximate surface area is 157 Å². The molecule has 0 aliphatic rings. The van der Waals surface area contributed by atoms with Crippen LogP contribution >= 0.6 is 24.0 Å². The van der Waals surface area contributed by atoms with Crippen molar-refractivity contribution in [1.82, 2.24) is 10.6 Å². The largest absolute Gasteiger partial charge is 0.497 e. The zero-order valence-corrected chi connectivity index (χ0v) is 16.9. The predicted molar refractivity (Wildman–Crippen MR) is 107 cm³/mol. The molecule has 5 nitrogen and oxygen atoms in total. The number of hydrogen-bond acceptors (Lipinski definition) is 3. The van der Waals surface area contributed by atoms with Gasteiger partial charge in [-0.05, 0) is 44.5 Å². The third-order valence-electron chi connectivity index (χ3n) is 3.24. The van der Waals surface area contributed by atoms with Crippen LogP contribution in [0, 0.1) is 0 Å². The maximum absolute atomic E-state index is 5.68. The van der Waals surface area contributed by atoms with E-state index in [4.69, 9.17) is 9.47 Å². The number of methoxy groups -OCH3 is 1. The van der Waals surface area contributed by atoms with Crippen molar-refractivity contribution in [1.29, 1.82) is 0 Å². The molecular weight excluding hydrogens is 405 g/mol. The number of hydrogen-bond donors (Lipinski definition) is 2. The number of aliphatic imine (C=N–C) groups is 1. The van der Waals surface area contributed by atoms with Gasteiger partial charge in [0.15, 0.2) is 5.96 Å². The van der Waals surface area contributed by atoms with Gasteiger partial charge < -0.3 is 20.1 Å². The highest BCUT2D eigenvalue weighted by molar-refractivity contribution is 14.0. The van der Waals surface area contributed by atoms with E-state index in [9.17, 15) is 0 Å². The first-order valence-electron chi connectivity index (χ1n) is 8.01. The summed E-state index contributed by atoms with van der Waals surface area (Å²) in [5.41, 5.74) is 0. The van der Waals surface area contributed by atoms with Gasteiger partial charge in [0, 0.05) is 25.6 Å². The number of guanidine groups is 1. The fourth-order valence-electron chi connectivity index (χ4n) is 1.77. The number of rotatable bonds is 9. The Morgan fingerprint density at radius 2 is 1.83 bits per heavy atom. The number of nitrogens with one attached hydrogen (secondary N) is 2. The molecule has 1 atom stereocenters. The molecule has 0 aliphatic carbocycles. The van der Waals surface area contributed by atoms with E-state index in [0.29, 0.717) is 12.6 Å². The smallest absolute Gasteiger partial charge is 0.191 e.